The highest BCUT2D eigenvalue weighted by molar-refractivity contribution is 5.78. The number of para-hydroxylation sites is 2. The molecule has 1 aromatic carbocycles. The number of ether oxygens (including phenoxy) is 2. The minimum absolute atomic E-state index is 0.0701. The molecule has 1 aromatic rings. The van der Waals surface area contributed by atoms with Gasteiger partial charge in [0.05, 0.1) is 6.61 Å². The zero-order valence-electron chi connectivity index (χ0n) is 13.7. The Bertz CT molecular complexity index is 469. The lowest BCUT2D eigenvalue weighted by atomic mass is 9.94. The van der Waals surface area contributed by atoms with Crippen molar-refractivity contribution in [2.75, 3.05) is 19.8 Å². The first kappa shape index (κ1) is 16.7. The fourth-order valence-corrected chi connectivity index (χ4v) is 3.10. The summed E-state index contributed by atoms with van der Waals surface area (Å²) >= 11 is 0. The van der Waals surface area contributed by atoms with Gasteiger partial charge < -0.3 is 14.4 Å². The average molecular weight is 305 g/mol. The van der Waals surface area contributed by atoms with Crippen LogP contribution in [0.4, 0.5) is 0 Å². The lowest BCUT2D eigenvalue weighted by molar-refractivity contribution is -0.136. The first-order chi connectivity index (χ1) is 10.8. The lowest BCUT2D eigenvalue weighted by Crippen LogP contribution is -2.43. The number of hydrogen-bond acceptors (Lipinski definition) is 3. The van der Waals surface area contributed by atoms with Crippen molar-refractivity contribution in [3.63, 3.8) is 0 Å². The van der Waals surface area contributed by atoms with Crippen molar-refractivity contribution in [2.45, 2.75) is 52.0 Å². The van der Waals surface area contributed by atoms with Crippen molar-refractivity contribution in [1.29, 1.82) is 0 Å². The van der Waals surface area contributed by atoms with Crippen molar-refractivity contribution in [2.24, 2.45) is 0 Å². The Hall–Kier alpha value is -1.71. The average Bonchev–Trinajstić information content (AvgIpc) is 2.56. The number of hydrogen-bond donors (Lipinski definition) is 0. The van der Waals surface area contributed by atoms with E-state index in [0.717, 1.165) is 19.4 Å². The smallest absolute Gasteiger partial charge is 0.260 e. The minimum atomic E-state index is 0.0701. The number of nitrogens with zero attached hydrogens (tertiary/aromatic N) is 1. The number of carbonyl (C=O) groups excluding carboxylic acids is 1. The van der Waals surface area contributed by atoms with E-state index in [4.69, 9.17) is 9.47 Å². The summed E-state index contributed by atoms with van der Waals surface area (Å²) in [4.78, 5) is 14.5. The molecular weight excluding hydrogens is 278 g/mol. The summed E-state index contributed by atoms with van der Waals surface area (Å²) in [5, 5.41) is 0. The van der Waals surface area contributed by atoms with Crippen molar-refractivity contribution in [3.8, 4) is 11.5 Å². The minimum Gasteiger partial charge on any atom is -0.490 e. The summed E-state index contributed by atoms with van der Waals surface area (Å²) in [5.74, 6) is 1.40. The van der Waals surface area contributed by atoms with Gasteiger partial charge in [-0.15, -0.1) is 0 Å². The Kier molecular flexibility index (Phi) is 6.56. The Balaban J connectivity index is 1.93. The molecular formula is C18H27NO3. The number of carbonyl (C=O) groups is 1. The van der Waals surface area contributed by atoms with Crippen LogP contribution in [0.1, 0.15) is 46.0 Å². The maximum Gasteiger partial charge on any atom is 0.260 e. The topological polar surface area (TPSA) is 38.8 Å². The Morgan fingerprint density at radius 1 is 1.09 bits per heavy atom. The van der Waals surface area contributed by atoms with Crippen molar-refractivity contribution in [1.82, 2.24) is 4.90 Å². The summed E-state index contributed by atoms with van der Waals surface area (Å²) in [5.41, 5.74) is 0. The van der Waals surface area contributed by atoms with E-state index in [1.807, 2.05) is 43.0 Å². The van der Waals surface area contributed by atoms with Crippen LogP contribution >= 0.6 is 0 Å². The normalized spacial score (nSPS) is 15.4. The number of benzene rings is 1. The van der Waals surface area contributed by atoms with Gasteiger partial charge in [0.2, 0.25) is 0 Å². The molecule has 4 heteroatoms. The van der Waals surface area contributed by atoms with Gasteiger partial charge >= 0.3 is 0 Å². The molecule has 1 aliphatic rings. The van der Waals surface area contributed by atoms with E-state index in [9.17, 15) is 4.79 Å². The molecule has 0 spiro atoms. The van der Waals surface area contributed by atoms with E-state index in [0.29, 0.717) is 24.1 Å². The van der Waals surface area contributed by atoms with Crippen LogP contribution in [0.2, 0.25) is 0 Å². The molecule has 0 N–H and O–H groups in total. The highest BCUT2D eigenvalue weighted by atomic mass is 16.5. The van der Waals surface area contributed by atoms with E-state index in [2.05, 4.69) is 0 Å². The van der Waals surface area contributed by atoms with Gasteiger partial charge in [0, 0.05) is 12.6 Å². The molecule has 0 bridgehead atoms. The Morgan fingerprint density at radius 2 is 1.73 bits per heavy atom. The predicted octanol–water partition coefficient (Wildman–Crippen LogP) is 3.65. The molecule has 0 aromatic heterocycles. The largest absolute Gasteiger partial charge is 0.490 e. The fourth-order valence-electron chi connectivity index (χ4n) is 3.10. The molecule has 1 fully saturated rings. The second-order valence-electron chi connectivity index (χ2n) is 5.64. The van der Waals surface area contributed by atoms with E-state index in [-0.39, 0.29) is 12.5 Å². The molecule has 1 saturated carbocycles. The van der Waals surface area contributed by atoms with Gasteiger partial charge in [-0.1, -0.05) is 31.4 Å². The first-order valence-electron chi connectivity index (χ1n) is 8.40. The molecule has 0 saturated heterocycles. The van der Waals surface area contributed by atoms with Crippen LogP contribution in [0.5, 0.6) is 11.5 Å². The van der Waals surface area contributed by atoms with Gasteiger partial charge in [-0.3, -0.25) is 4.79 Å². The summed E-state index contributed by atoms with van der Waals surface area (Å²) in [6, 6.07) is 7.88. The molecule has 122 valence electrons. The quantitative estimate of drug-likeness (QED) is 0.772. The van der Waals surface area contributed by atoms with Crippen LogP contribution in [-0.2, 0) is 4.79 Å². The SMILES string of the molecule is CCOc1ccccc1OCC(=O)N(CC)C1CCCCC1. The Morgan fingerprint density at radius 3 is 2.32 bits per heavy atom. The maximum atomic E-state index is 12.5. The third-order valence-electron chi connectivity index (χ3n) is 4.18. The number of rotatable bonds is 7. The van der Waals surface area contributed by atoms with E-state index in [1.165, 1.54) is 19.3 Å². The van der Waals surface area contributed by atoms with Gasteiger partial charge in [-0.25, -0.2) is 0 Å². The van der Waals surface area contributed by atoms with Crippen molar-refractivity contribution >= 4 is 5.91 Å². The molecule has 0 heterocycles. The molecule has 0 atom stereocenters. The zero-order valence-corrected chi connectivity index (χ0v) is 13.7. The van der Waals surface area contributed by atoms with Gasteiger partial charge in [0.15, 0.2) is 18.1 Å². The highest BCUT2D eigenvalue weighted by Crippen LogP contribution is 2.27. The molecule has 22 heavy (non-hydrogen) atoms. The third kappa shape index (κ3) is 4.39. The monoisotopic (exact) mass is 305 g/mol. The van der Waals surface area contributed by atoms with E-state index in [1.54, 1.807) is 0 Å². The Labute approximate surface area is 133 Å². The van der Waals surface area contributed by atoms with Gasteiger partial charge in [-0.2, -0.15) is 0 Å². The molecule has 0 unspecified atom stereocenters. The van der Waals surface area contributed by atoms with Crippen LogP contribution in [0.15, 0.2) is 24.3 Å². The summed E-state index contributed by atoms with van der Waals surface area (Å²) in [7, 11) is 0. The van der Waals surface area contributed by atoms with Crippen molar-refractivity contribution < 1.29 is 14.3 Å². The van der Waals surface area contributed by atoms with Gasteiger partial charge in [0.1, 0.15) is 0 Å². The van der Waals surface area contributed by atoms with Gasteiger partial charge in [0.25, 0.3) is 5.91 Å². The second-order valence-corrected chi connectivity index (χ2v) is 5.64. The summed E-state index contributed by atoms with van der Waals surface area (Å²) < 4.78 is 11.2. The second kappa shape index (κ2) is 8.66. The molecule has 1 aliphatic carbocycles. The lowest BCUT2D eigenvalue weighted by Gasteiger charge is -2.33. The predicted molar refractivity (Wildman–Crippen MR) is 87.4 cm³/mol. The molecule has 2 rings (SSSR count). The van der Waals surface area contributed by atoms with Crippen LogP contribution in [0, 0.1) is 0 Å². The molecule has 1 amide bonds. The van der Waals surface area contributed by atoms with E-state index < -0.39 is 0 Å². The molecule has 0 radical (unpaired) electrons. The first-order valence-corrected chi connectivity index (χ1v) is 8.40. The van der Waals surface area contributed by atoms with Crippen LogP contribution < -0.4 is 9.47 Å². The van der Waals surface area contributed by atoms with Gasteiger partial charge in [-0.05, 0) is 38.8 Å². The molecule has 0 aliphatic heterocycles. The molecule has 4 nitrogen and oxygen atoms in total. The number of amides is 1. The summed E-state index contributed by atoms with van der Waals surface area (Å²) in [6.45, 7) is 5.39. The van der Waals surface area contributed by atoms with Crippen LogP contribution in [0.25, 0.3) is 0 Å². The highest BCUT2D eigenvalue weighted by Gasteiger charge is 2.24. The fraction of sp³-hybridized carbons (Fsp3) is 0.611. The standard InChI is InChI=1S/C18H27NO3/c1-3-19(15-10-6-5-7-11-15)18(20)14-22-17-13-9-8-12-16(17)21-4-2/h8-9,12-13,15H,3-7,10-11,14H2,1-2H3. The summed E-state index contributed by atoms with van der Waals surface area (Å²) in [6.07, 6.45) is 5.98. The third-order valence-corrected chi connectivity index (χ3v) is 4.18. The van der Waals surface area contributed by atoms with E-state index >= 15 is 0 Å². The zero-order chi connectivity index (χ0) is 15.8. The van der Waals surface area contributed by atoms with Crippen LogP contribution in [0.3, 0.4) is 0 Å². The van der Waals surface area contributed by atoms with Crippen molar-refractivity contribution in [3.05, 3.63) is 24.3 Å². The number of likely N-dealkylation sites (N-methyl/N-ethyl adjacent to an activating group) is 1. The van der Waals surface area contributed by atoms with Crippen LogP contribution in [-0.4, -0.2) is 36.6 Å². The maximum absolute atomic E-state index is 12.5.